The smallest absolute Gasteiger partial charge is 0.240 e. The molecule has 0 fully saturated rings. The first-order valence-electron chi connectivity index (χ1n) is 6.12. The van der Waals surface area contributed by atoms with Gasteiger partial charge in [-0.15, -0.1) is 0 Å². The number of fused-ring (bicyclic) bond motifs is 1. The zero-order valence-corrected chi connectivity index (χ0v) is 11.7. The maximum Gasteiger partial charge on any atom is 0.240 e. The number of nitrogens with one attached hydrogen (secondary N) is 2. The van der Waals surface area contributed by atoms with Crippen molar-refractivity contribution in [1.82, 2.24) is 14.9 Å². The van der Waals surface area contributed by atoms with Gasteiger partial charge in [-0.25, -0.2) is 4.39 Å². The van der Waals surface area contributed by atoms with Gasteiger partial charge in [0.25, 0.3) is 0 Å². The van der Waals surface area contributed by atoms with E-state index >= 15 is 0 Å². The fourth-order valence-electron chi connectivity index (χ4n) is 1.80. The lowest BCUT2D eigenvalue weighted by atomic mass is 10.2. The summed E-state index contributed by atoms with van der Waals surface area (Å²) in [6, 6.07) is 4.34. The first-order chi connectivity index (χ1) is 8.97. The van der Waals surface area contributed by atoms with E-state index in [-0.39, 0.29) is 18.3 Å². The van der Waals surface area contributed by atoms with Gasteiger partial charge in [-0.2, -0.15) is 0 Å². The molecule has 102 valence electrons. The molecule has 0 radical (unpaired) electrons. The van der Waals surface area contributed by atoms with E-state index in [1.165, 1.54) is 12.1 Å². The molecule has 0 aliphatic rings. The maximum atomic E-state index is 13.3. The van der Waals surface area contributed by atoms with Crippen molar-refractivity contribution in [2.75, 3.05) is 6.54 Å². The zero-order chi connectivity index (χ0) is 14.0. The Hall–Kier alpha value is -1.69. The molecular formula is C13H16FN3OS. The number of amides is 1. The number of aromatic nitrogens is 2. The number of rotatable bonds is 4. The molecule has 0 bridgehead atoms. The van der Waals surface area contributed by atoms with E-state index in [1.807, 2.05) is 13.8 Å². The quantitative estimate of drug-likeness (QED) is 0.846. The fraction of sp³-hybridized carbons (Fsp3) is 0.385. The van der Waals surface area contributed by atoms with E-state index in [9.17, 15) is 9.18 Å². The monoisotopic (exact) mass is 281 g/mol. The Morgan fingerprint density at radius 1 is 1.53 bits per heavy atom. The van der Waals surface area contributed by atoms with E-state index < -0.39 is 0 Å². The minimum absolute atomic E-state index is 0.0923. The van der Waals surface area contributed by atoms with Gasteiger partial charge < -0.3 is 14.9 Å². The molecule has 2 N–H and O–H groups in total. The van der Waals surface area contributed by atoms with Crippen LogP contribution in [0.4, 0.5) is 4.39 Å². The van der Waals surface area contributed by atoms with Gasteiger partial charge in [-0.05, 0) is 36.3 Å². The summed E-state index contributed by atoms with van der Waals surface area (Å²) < 4.78 is 15.3. The lowest BCUT2D eigenvalue weighted by Crippen LogP contribution is -2.30. The summed E-state index contributed by atoms with van der Waals surface area (Å²) >= 11 is 5.16. The second-order valence-corrected chi connectivity index (χ2v) is 5.26. The van der Waals surface area contributed by atoms with E-state index in [0.29, 0.717) is 22.8 Å². The van der Waals surface area contributed by atoms with E-state index in [0.717, 1.165) is 5.52 Å². The van der Waals surface area contributed by atoms with Gasteiger partial charge in [0.15, 0.2) is 4.77 Å². The van der Waals surface area contributed by atoms with Gasteiger partial charge in [0, 0.05) is 6.54 Å². The van der Waals surface area contributed by atoms with Crippen molar-refractivity contribution in [3.63, 3.8) is 0 Å². The summed E-state index contributed by atoms with van der Waals surface area (Å²) in [7, 11) is 0. The molecule has 0 unspecified atom stereocenters. The number of aromatic amines is 1. The number of halogens is 1. The molecule has 1 amide bonds. The largest absolute Gasteiger partial charge is 0.354 e. The van der Waals surface area contributed by atoms with Crippen molar-refractivity contribution < 1.29 is 9.18 Å². The highest BCUT2D eigenvalue weighted by Crippen LogP contribution is 2.15. The molecule has 0 aliphatic heterocycles. The Labute approximate surface area is 115 Å². The molecule has 0 aliphatic carbocycles. The van der Waals surface area contributed by atoms with Gasteiger partial charge >= 0.3 is 0 Å². The normalized spacial score (nSPS) is 11.2. The van der Waals surface area contributed by atoms with Gasteiger partial charge in [0.2, 0.25) is 5.91 Å². The van der Waals surface area contributed by atoms with Crippen LogP contribution in [0.3, 0.4) is 0 Å². The molecule has 0 spiro atoms. The molecule has 2 aromatic rings. The lowest BCUT2D eigenvalue weighted by Gasteiger charge is -2.08. The summed E-state index contributed by atoms with van der Waals surface area (Å²) in [5.41, 5.74) is 1.33. The molecule has 2 rings (SSSR count). The van der Waals surface area contributed by atoms with Crippen molar-refractivity contribution >= 4 is 29.2 Å². The predicted molar refractivity (Wildman–Crippen MR) is 74.9 cm³/mol. The number of nitrogens with zero attached hydrogens (tertiary/aromatic N) is 1. The number of carbonyl (C=O) groups excluding carboxylic acids is 1. The Morgan fingerprint density at radius 3 is 2.95 bits per heavy atom. The third kappa shape index (κ3) is 3.20. The van der Waals surface area contributed by atoms with Crippen molar-refractivity contribution in [2.24, 2.45) is 5.92 Å². The summed E-state index contributed by atoms with van der Waals surface area (Å²) in [6.45, 7) is 4.75. The molecule has 4 nitrogen and oxygen atoms in total. The second kappa shape index (κ2) is 5.52. The van der Waals surface area contributed by atoms with Crippen LogP contribution in [0.5, 0.6) is 0 Å². The fourth-order valence-corrected chi connectivity index (χ4v) is 2.07. The number of hydrogen-bond donors (Lipinski definition) is 2. The average molecular weight is 281 g/mol. The van der Waals surface area contributed by atoms with E-state index in [4.69, 9.17) is 12.2 Å². The van der Waals surface area contributed by atoms with Crippen molar-refractivity contribution in [2.45, 2.75) is 20.4 Å². The molecule has 0 saturated carbocycles. The van der Waals surface area contributed by atoms with Crippen LogP contribution in [0.2, 0.25) is 0 Å². The van der Waals surface area contributed by atoms with Crippen molar-refractivity contribution in [3.05, 3.63) is 28.8 Å². The highest BCUT2D eigenvalue weighted by Gasteiger charge is 2.09. The van der Waals surface area contributed by atoms with Crippen LogP contribution in [-0.2, 0) is 11.3 Å². The molecule has 0 saturated heterocycles. The van der Waals surface area contributed by atoms with E-state index in [1.54, 1.807) is 10.6 Å². The van der Waals surface area contributed by atoms with Crippen LogP contribution < -0.4 is 5.32 Å². The Bertz CT molecular complexity index is 659. The summed E-state index contributed by atoms with van der Waals surface area (Å²) in [4.78, 5) is 14.8. The maximum absolute atomic E-state index is 13.3. The van der Waals surface area contributed by atoms with Crippen LogP contribution in [0.25, 0.3) is 11.0 Å². The zero-order valence-electron chi connectivity index (χ0n) is 10.9. The minimum atomic E-state index is -0.349. The highest BCUT2D eigenvalue weighted by atomic mass is 32.1. The lowest BCUT2D eigenvalue weighted by molar-refractivity contribution is -0.121. The highest BCUT2D eigenvalue weighted by molar-refractivity contribution is 7.71. The molecule has 1 aromatic carbocycles. The molecule has 6 heteroatoms. The first-order valence-corrected chi connectivity index (χ1v) is 6.53. The summed E-state index contributed by atoms with van der Waals surface area (Å²) in [6.07, 6.45) is 0. The number of hydrogen-bond acceptors (Lipinski definition) is 2. The van der Waals surface area contributed by atoms with Crippen LogP contribution in [-0.4, -0.2) is 22.0 Å². The topological polar surface area (TPSA) is 49.8 Å². The third-order valence-electron chi connectivity index (χ3n) is 2.75. The molecule has 0 atom stereocenters. The Morgan fingerprint density at radius 2 is 2.26 bits per heavy atom. The standard InChI is InChI=1S/C13H16FN3OS/c1-8(2)6-15-12(18)7-17-11-5-9(14)3-4-10(11)16-13(17)19/h3-5,8H,6-7H2,1-2H3,(H,15,18)(H,16,19). The van der Waals surface area contributed by atoms with Crippen LogP contribution in [0.1, 0.15) is 13.8 Å². The third-order valence-corrected chi connectivity index (χ3v) is 3.07. The van der Waals surface area contributed by atoms with Crippen LogP contribution in [0, 0.1) is 16.5 Å². The average Bonchev–Trinajstić information content (AvgIpc) is 2.63. The van der Waals surface area contributed by atoms with Gasteiger partial charge in [0.1, 0.15) is 12.4 Å². The van der Waals surface area contributed by atoms with Gasteiger partial charge in [0.05, 0.1) is 11.0 Å². The Balaban J connectivity index is 2.25. The minimum Gasteiger partial charge on any atom is -0.354 e. The van der Waals surface area contributed by atoms with Crippen LogP contribution >= 0.6 is 12.2 Å². The van der Waals surface area contributed by atoms with Gasteiger partial charge in [-0.3, -0.25) is 4.79 Å². The molecule has 1 aromatic heterocycles. The van der Waals surface area contributed by atoms with Crippen molar-refractivity contribution in [3.8, 4) is 0 Å². The molecule has 19 heavy (non-hydrogen) atoms. The second-order valence-electron chi connectivity index (χ2n) is 4.88. The van der Waals surface area contributed by atoms with Crippen LogP contribution in [0.15, 0.2) is 18.2 Å². The number of H-pyrrole nitrogens is 1. The summed E-state index contributed by atoms with van der Waals surface area (Å²) in [5.74, 6) is -0.0925. The van der Waals surface area contributed by atoms with Crippen molar-refractivity contribution in [1.29, 1.82) is 0 Å². The van der Waals surface area contributed by atoms with Gasteiger partial charge in [-0.1, -0.05) is 13.8 Å². The number of benzene rings is 1. The SMILES string of the molecule is CC(C)CNC(=O)Cn1c(=S)[nH]c2ccc(F)cc21. The predicted octanol–water partition coefficient (Wildman–Crippen LogP) is 2.61. The Kier molecular flexibility index (Phi) is 3.99. The van der Waals surface area contributed by atoms with E-state index in [2.05, 4.69) is 10.3 Å². The molecular weight excluding hydrogens is 265 g/mol. The number of carbonyl (C=O) groups is 1. The summed E-state index contributed by atoms with van der Waals surface area (Å²) in [5, 5.41) is 2.81. The molecule has 1 heterocycles. The first kappa shape index (κ1) is 13.7. The number of imidazole rings is 1.